The van der Waals surface area contributed by atoms with Gasteiger partial charge >= 0.3 is 0 Å². The first-order chi connectivity index (χ1) is 13.5. The van der Waals surface area contributed by atoms with E-state index in [0.717, 1.165) is 5.56 Å². The van der Waals surface area contributed by atoms with Gasteiger partial charge in [0.15, 0.2) is 5.69 Å². The molecule has 0 radical (unpaired) electrons. The van der Waals surface area contributed by atoms with E-state index in [1.54, 1.807) is 19.1 Å². The molecule has 1 amide bonds. The first-order valence-electron chi connectivity index (χ1n) is 8.79. The molecule has 28 heavy (non-hydrogen) atoms. The Kier molecular flexibility index (Phi) is 5.84. The number of aromatic nitrogens is 2. The number of aryl methyl sites for hydroxylation is 2. The summed E-state index contributed by atoms with van der Waals surface area (Å²) in [5.41, 5.74) is 0.831. The summed E-state index contributed by atoms with van der Waals surface area (Å²) in [7, 11) is 0. The van der Waals surface area contributed by atoms with Crippen molar-refractivity contribution in [3.63, 3.8) is 0 Å². The lowest BCUT2D eigenvalue weighted by Crippen LogP contribution is -2.34. The molecule has 1 heterocycles. The van der Waals surface area contributed by atoms with Crippen LogP contribution in [-0.4, -0.2) is 28.8 Å². The van der Waals surface area contributed by atoms with E-state index in [1.807, 2.05) is 31.2 Å². The van der Waals surface area contributed by atoms with E-state index in [-0.39, 0.29) is 24.5 Å². The molecule has 0 fully saturated rings. The topological polar surface area (TPSA) is 73.2 Å². The molecule has 3 rings (SSSR count). The molecule has 0 aliphatic rings. The molecule has 0 atom stereocenters. The van der Waals surface area contributed by atoms with E-state index in [4.69, 9.17) is 4.74 Å². The van der Waals surface area contributed by atoms with Gasteiger partial charge in [0, 0.05) is 11.8 Å². The largest absolute Gasteiger partial charge is 0.492 e. The first kappa shape index (κ1) is 19.3. The number of ether oxygens (including phenoxy) is 1. The van der Waals surface area contributed by atoms with Crippen LogP contribution in [-0.2, 0) is 0 Å². The number of nitrogens with one attached hydrogen (secondary N) is 1. The minimum Gasteiger partial charge on any atom is -0.492 e. The normalized spacial score (nSPS) is 10.5. The number of halogens is 1. The highest BCUT2D eigenvalue weighted by Crippen LogP contribution is 2.13. The molecule has 144 valence electrons. The second kappa shape index (κ2) is 8.47. The third-order valence-electron chi connectivity index (χ3n) is 4.05. The number of para-hydroxylation sites is 1. The molecule has 2 aromatic carbocycles. The number of carbonyl (C=O) groups is 1. The Hall–Kier alpha value is -3.48. The maximum atomic E-state index is 14.1. The minimum atomic E-state index is -0.636. The SMILES string of the molecule is Cc1cccc(OCCNC(=O)c2nn(-c3ccccc3F)c(C)cc2=O)c1. The highest BCUT2D eigenvalue weighted by molar-refractivity contribution is 5.92. The van der Waals surface area contributed by atoms with Gasteiger partial charge in [-0.05, 0) is 43.7 Å². The van der Waals surface area contributed by atoms with Crippen LogP contribution in [0.2, 0.25) is 0 Å². The summed E-state index contributed by atoms with van der Waals surface area (Å²) in [6.45, 7) is 4.01. The fraction of sp³-hybridized carbons (Fsp3) is 0.190. The smallest absolute Gasteiger partial charge is 0.275 e. The van der Waals surface area contributed by atoms with Gasteiger partial charge in [-0.25, -0.2) is 9.07 Å². The molecule has 0 saturated carbocycles. The van der Waals surface area contributed by atoms with Crippen LogP contribution in [0.15, 0.2) is 59.4 Å². The van der Waals surface area contributed by atoms with Gasteiger partial charge in [0.2, 0.25) is 5.43 Å². The van der Waals surface area contributed by atoms with Crippen molar-refractivity contribution in [3.05, 3.63) is 87.6 Å². The zero-order chi connectivity index (χ0) is 20.1. The van der Waals surface area contributed by atoms with E-state index in [1.165, 1.54) is 22.9 Å². The average molecular weight is 381 g/mol. The van der Waals surface area contributed by atoms with Crippen LogP contribution in [0.25, 0.3) is 5.69 Å². The standard InChI is InChI=1S/C21H20FN3O3/c1-14-6-5-7-16(12-14)28-11-10-23-21(27)20-19(26)13-15(2)25(24-20)18-9-4-3-8-17(18)22/h3-9,12-13H,10-11H2,1-2H3,(H,23,27). The fourth-order valence-electron chi connectivity index (χ4n) is 2.69. The van der Waals surface area contributed by atoms with Gasteiger partial charge in [0.1, 0.15) is 23.9 Å². The Morgan fingerprint density at radius 2 is 1.93 bits per heavy atom. The van der Waals surface area contributed by atoms with Gasteiger partial charge in [0.05, 0.1) is 6.54 Å². The molecule has 6 nitrogen and oxygen atoms in total. The van der Waals surface area contributed by atoms with Gasteiger partial charge in [-0.3, -0.25) is 9.59 Å². The van der Waals surface area contributed by atoms with Crippen molar-refractivity contribution < 1.29 is 13.9 Å². The Bertz CT molecular complexity index is 1060. The van der Waals surface area contributed by atoms with E-state index in [2.05, 4.69) is 10.4 Å². The Labute approximate surface area is 161 Å². The van der Waals surface area contributed by atoms with Crippen molar-refractivity contribution in [2.24, 2.45) is 0 Å². The lowest BCUT2D eigenvalue weighted by atomic mass is 10.2. The number of rotatable bonds is 6. The molecule has 0 bridgehead atoms. The van der Waals surface area contributed by atoms with Gasteiger partial charge in [0.25, 0.3) is 5.91 Å². The van der Waals surface area contributed by atoms with E-state index in [9.17, 15) is 14.0 Å². The number of carbonyl (C=O) groups excluding carboxylic acids is 1. The second-order valence-electron chi connectivity index (χ2n) is 6.28. The Balaban J connectivity index is 1.70. The predicted octanol–water partition coefficient (Wildman–Crippen LogP) is 2.80. The summed E-state index contributed by atoms with van der Waals surface area (Å²) in [5.74, 6) is -0.438. The number of benzene rings is 2. The summed E-state index contributed by atoms with van der Waals surface area (Å²) in [6, 6.07) is 14.8. The van der Waals surface area contributed by atoms with Crippen molar-refractivity contribution >= 4 is 5.91 Å². The number of amides is 1. The van der Waals surface area contributed by atoms with Gasteiger partial charge in [-0.15, -0.1) is 0 Å². The zero-order valence-electron chi connectivity index (χ0n) is 15.6. The third-order valence-corrected chi connectivity index (χ3v) is 4.05. The maximum Gasteiger partial charge on any atom is 0.275 e. The first-order valence-corrected chi connectivity index (χ1v) is 8.79. The van der Waals surface area contributed by atoms with Crippen molar-refractivity contribution in [1.82, 2.24) is 15.1 Å². The molecule has 0 unspecified atom stereocenters. The summed E-state index contributed by atoms with van der Waals surface area (Å²) >= 11 is 0. The van der Waals surface area contributed by atoms with Crippen LogP contribution < -0.4 is 15.5 Å². The molecule has 1 aromatic heterocycles. The fourth-order valence-corrected chi connectivity index (χ4v) is 2.69. The van der Waals surface area contributed by atoms with Crippen molar-refractivity contribution in [2.45, 2.75) is 13.8 Å². The lowest BCUT2D eigenvalue weighted by Gasteiger charge is -2.12. The quantitative estimate of drug-likeness (QED) is 0.667. The highest BCUT2D eigenvalue weighted by Gasteiger charge is 2.16. The molecule has 0 saturated heterocycles. The van der Waals surface area contributed by atoms with Crippen LogP contribution in [0.5, 0.6) is 5.75 Å². The molecule has 3 aromatic rings. The number of hydrogen-bond acceptors (Lipinski definition) is 4. The van der Waals surface area contributed by atoms with Gasteiger partial charge in [-0.2, -0.15) is 5.10 Å². The summed E-state index contributed by atoms with van der Waals surface area (Å²) < 4.78 is 20.9. The Morgan fingerprint density at radius 1 is 1.14 bits per heavy atom. The van der Waals surface area contributed by atoms with Crippen LogP contribution in [0, 0.1) is 19.7 Å². The Morgan fingerprint density at radius 3 is 2.68 bits per heavy atom. The van der Waals surface area contributed by atoms with Crippen LogP contribution in [0.1, 0.15) is 21.7 Å². The zero-order valence-corrected chi connectivity index (χ0v) is 15.6. The van der Waals surface area contributed by atoms with E-state index < -0.39 is 17.2 Å². The number of hydrogen-bond donors (Lipinski definition) is 1. The van der Waals surface area contributed by atoms with Crippen LogP contribution in [0.3, 0.4) is 0 Å². The maximum absolute atomic E-state index is 14.1. The van der Waals surface area contributed by atoms with Crippen molar-refractivity contribution in [1.29, 1.82) is 0 Å². The van der Waals surface area contributed by atoms with E-state index >= 15 is 0 Å². The van der Waals surface area contributed by atoms with Crippen LogP contribution in [0.4, 0.5) is 4.39 Å². The molecule has 0 aliphatic carbocycles. The highest BCUT2D eigenvalue weighted by atomic mass is 19.1. The van der Waals surface area contributed by atoms with Crippen LogP contribution >= 0.6 is 0 Å². The predicted molar refractivity (Wildman–Crippen MR) is 104 cm³/mol. The summed E-state index contributed by atoms with van der Waals surface area (Å²) in [4.78, 5) is 24.6. The van der Waals surface area contributed by atoms with Gasteiger partial charge in [-0.1, -0.05) is 24.3 Å². The summed E-state index contributed by atoms with van der Waals surface area (Å²) in [6.07, 6.45) is 0. The second-order valence-corrected chi connectivity index (χ2v) is 6.28. The molecule has 7 heteroatoms. The lowest BCUT2D eigenvalue weighted by molar-refractivity contribution is 0.0939. The minimum absolute atomic E-state index is 0.164. The third kappa shape index (κ3) is 4.43. The monoisotopic (exact) mass is 381 g/mol. The van der Waals surface area contributed by atoms with Crippen molar-refractivity contribution in [2.75, 3.05) is 13.2 Å². The van der Waals surface area contributed by atoms with E-state index in [0.29, 0.717) is 11.4 Å². The molecule has 0 spiro atoms. The molecule has 1 N–H and O–H groups in total. The summed E-state index contributed by atoms with van der Waals surface area (Å²) in [5, 5.41) is 6.67. The number of nitrogens with zero attached hydrogens (tertiary/aromatic N) is 2. The molecule has 0 aliphatic heterocycles. The molecular formula is C21H20FN3O3. The van der Waals surface area contributed by atoms with Crippen molar-refractivity contribution in [3.8, 4) is 11.4 Å². The molecular weight excluding hydrogens is 361 g/mol. The average Bonchev–Trinajstić information content (AvgIpc) is 2.66. The van der Waals surface area contributed by atoms with Gasteiger partial charge < -0.3 is 10.1 Å².